The highest BCUT2D eigenvalue weighted by atomic mass is 19.1. The van der Waals surface area contributed by atoms with Crippen LogP contribution in [0, 0.1) is 5.82 Å². The van der Waals surface area contributed by atoms with E-state index < -0.39 is 0 Å². The maximum Gasteiger partial charge on any atom is 0.244 e. The van der Waals surface area contributed by atoms with Gasteiger partial charge in [-0.25, -0.2) is 9.37 Å². The molecule has 0 saturated carbocycles. The molecule has 1 heterocycles. The molecule has 3 aromatic rings. The van der Waals surface area contributed by atoms with Crippen LogP contribution in [0.3, 0.4) is 0 Å². The molecule has 0 aliphatic heterocycles. The summed E-state index contributed by atoms with van der Waals surface area (Å²) in [4.78, 5) is 15.8. The molecule has 1 amide bonds. The van der Waals surface area contributed by atoms with E-state index in [1.165, 1.54) is 18.5 Å². The standard InChI is InChI=1S/C20H18FN3O2/c1-26-17-6-2-16(3-7-17)13-23-20(25)9-5-15-4-8-19(18(21)12-15)24-11-10-22-14-24/h2-12,14H,13H2,1H3,(H,23,25)/b9-5+. The molecule has 5 nitrogen and oxygen atoms in total. The number of imidazole rings is 1. The molecular weight excluding hydrogens is 333 g/mol. The first-order valence-corrected chi connectivity index (χ1v) is 8.02. The Morgan fingerprint density at radius 3 is 2.73 bits per heavy atom. The van der Waals surface area contributed by atoms with Crippen molar-refractivity contribution >= 4 is 12.0 Å². The first kappa shape index (κ1) is 17.4. The molecule has 0 spiro atoms. The van der Waals surface area contributed by atoms with Crippen molar-refractivity contribution < 1.29 is 13.9 Å². The van der Waals surface area contributed by atoms with Crippen LogP contribution in [-0.2, 0) is 11.3 Å². The molecule has 0 aliphatic carbocycles. The average molecular weight is 351 g/mol. The van der Waals surface area contributed by atoms with Crippen molar-refractivity contribution in [3.63, 3.8) is 0 Å². The minimum atomic E-state index is -0.385. The minimum Gasteiger partial charge on any atom is -0.497 e. The molecule has 0 atom stereocenters. The summed E-state index contributed by atoms with van der Waals surface area (Å²) in [6.45, 7) is 0.404. The van der Waals surface area contributed by atoms with Crippen LogP contribution < -0.4 is 10.1 Å². The fourth-order valence-electron chi connectivity index (χ4n) is 2.40. The third kappa shape index (κ3) is 4.36. The van der Waals surface area contributed by atoms with Crippen LogP contribution in [0.1, 0.15) is 11.1 Å². The Balaban J connectivity index is 1.58. The molecule has 2 aromatic carbocycles. The van der Waals surface area contributed by atoms with Crippen molar-refractivity contribution in [3.8, 4) is 11.4 Å². The summed E-state index contributed by atoms with van der Waals surface area (Å²) in [7, 11) is 1.60. The Bertz CT molecular complexity index is 903. The number of methoxy groups -OCH3 is 1. The van der Waals surface area contributed by atoms with Gasteiger partial charge >= 0.3 is 0 Å². The number of nitrogens with zero attached hydrogens (tertiary/aromatic N) is 2. The van der Waals surface area contributed by atoms with Crippen molar-refractivity contribution in [1.29, 1.82) is 0 Å². The van der Waals surface area contributed by atoms with Gasteiger partial charge in [0.05, 0.1) is 19.1 Å². The van der Waals surface area contributed by atoms with E-state index in [9.17, 15) is 9.18 Å². The monoisotopic (exact) mass is 351 g/mol. The molecule has 26 heavy (non-hydrogen) atoms. The first-order valence-electron chi connectivity index (χ1n) is 8.02. The first-order chi connectivity index (χ1) is 12.7. The van der Waals surface area contributed by atoms with E-state index in [0.29, 0.717) is 17.8 Å². The molecule has 3 rings (SSSR count). The van der Waals surface area contributed by atoms with Crippen LogP contribution in [0.5, 0.6) is 5.75 Å². The Labute approximate surface area is 150 Å². The summed E-state index contributed by atoms with van der Waals surface area (Å²) in [5, 5.41) is 2.78. The Hall–Kier alpha value is -3.41. The maximum atomic E-state index is 14.2. The van der Waals surface area contributed by atoms with E-state index in [2.05, 4.69) is 10.3 Å². The second-order valence-electron chi connectivity index (χ2n) is 5.58. The summed E-state index contributed by atoms with van der Waals surface area (Å²) in [6, 6.07) is 12.2. The maximum absolute atomic E-state index is 14.2. The Morgan fingerprint density at radius 2 is 2.08 bits per heavy atom. The SMILES string of the molecule is COc1ccc(CNC(=O)/C=C/c2ccc(-n3ccnc3)c(F)c2)cc1. The van der Waals surface area contributed by atoms with Crippen LogP contribution in [0.2, 0.25) is 0 Å². The molecule has 1 N–H and O–H groups in total. The molecule has 132 valence electrons. The lowest BCUT2D eigenvalue weighted by Crippen LogP contribution is -2.20. The zero-order valence-corrected chi connectivity index (χ0v) is 14.2. The summed E-state index contributed by atoms with van der Waals surface area (Å²) >= 11 is 0. The van der Waals surface area contributed by atoms with Crippen molar-refractivity contribution in [2.75, 3.05) is 7.11 Å². The van der Waals surface area contributed by atoms with Crippen LogP contribution in [0.15, 0.2) is 67.3 Å². The van der Waals surface area contributed by atoms with Gasteiger partial charge in [0.1, 0.15) is 11.6 Å². The number of carbonyl (C=O) groups is 1. The van der Waals surface area contributed by atoms with Gasteiger partial charge in [-0.05, 0) is 41.5 Å². The van der Waals surface area contributed by atoms with E-state index >= 15 is 0 Å². The van der Waals surface area contributed by atoms with Gasteiger partial charge in [0.2, 0.25) is 5.91 Å². The van der Waals surface area contributed by atoms with Crippen LogP contribution in [0.25, 0.3) is 11.8 Å². The third-order valence-electron chi connectivity index (χ3n) is 3.81. The summed E-state index contributed by atoms with van der Waals surface area (Å²) in [6.07, 6.45) is 7.74. The van der Waals surface area contributed by atoms with Crippen molar-refractivity contribution in [1.82, 2.24) is 14.9 Å². The van der Waals surface area contributed by atoms with Crippen LogP contribution in [-0.4, -0.2) is 22.6 Å². The quantitative estimate of drug-likeness (QED) is 0.693. The lowest BCUT2D eigenvalue weighted by atomic mass is 10.1. The number of ether oxygens (including phenoxy) is 1. The van der Waals surface area contributed by atoms with E-state index in [-0.39, 0.29) is 11.7 Å². The van der Waals surface area contributed by atoms with Crippen LogP contribution >= 0.6 is 0 Å². The molecule has 1 aromatic heterocycles. The lowest BCUT2D eigenvalue weighted by molar-refractivity contribution is -0.116. The Morgan fingerprint density at radius 1 is 1.27 bits per heavy atom. The molecule has 0 aliphatic rings. The van der Waals surface area contributed by atoms with Gasteiger partial charge in [0.15, 0.2) is 0 Å². The number of halogens is 1. The predicted molar refractivity (Wildman–Crippen MR) is 97.4 cm³/mol. The molecule has 0 radical (unpaired) electrons. The molecule has 0 fully saturated rings. The predicted octanol–water partition coefficient (Wildman–Crippen LogP) is 3.35. The fourth-order valence-corrected chi connectivity index (χ4v) is 2.40. The van der Waals surface area contributed by atoms with Crippen molar-refractivity contribution in [3.05, 3.63) is 84.2 Å². The van der Waals surface area contributed by atoms with Gasteiger partial charge in [-0.15, -0.1) is 0 Å². The third-order valence-corrected chi connectivity index (χ3v) is 3.81. The second kappa shape index (κ2) is 8.11. The van der Waals surface area contributed by atoms with Gasteiger partial charge in [-0.3, -0.25) is 4.79 Å². The van der Waals surface area contributed by atoms with E-state index in [0.717, 1.165) is 11.3 Å². The zero-order valence-electron chi connectivity index (χ0n) is 14.2. The number of hydrogen-bond acceptors (Lipinski definition) is 3. The fraction of sp³-hybridized carbons (Fsp3) is 0.100. The highest BCUT2D eigenvalue weighted by Crippen LogP contribution is 2.16. The summed E-state index contributed by atoms with van der Waals surface area (Å²) in [5.41, 5.74) is 1.97. The molecule has 6 heteroatoms. The second-order valence-corrected chi connectivity index (χ2v) is 5.58. The number of aromatic nitrogens is 2. The van der Waals surface area contributed by atoms with E-state index in [4.69, 9.17) is 4.74 Å². The number of hydrogen-bond donors (Lipinski definition) is 1. The smallest absolute Gasteiger partial charge is 0.244 e. The molecule has 0 saturated heterocycles. The lowest BCUT2D eigenvalue weighted by Gasteiger charge is -2.05. The number of amides is 1. The van der Waals surface area contributed by atoms with Gasteiger partial charge in [0, 0.05) is 25.0 Å². The topological polar surface area (TPSA) is 56.1 Å². The van der Waals surface area contributed by atoms with E-state index in [1.54, 1.807) is 42.3 Å². The zero-order chi connectivity index (χ0) is 18.4. The number of benzene rings is 2. The normalized spacial score (nSPS) is 10.8. The Kier molecular flexibility index (Phi) is 5.43. The number of nitrogens with one attached hydrogen (secondary N) is 1. The largest absolute Gasteiger partial charge is 0.497 e. The molecular formula is C20H18FN3O2. The highest BCUT2D eigenvalue weighted by Gasteiger charge is 2.04. The van der Waals surface area contributed by atoms with E-state index in [1.807, 2.05) is 24.3 Å². The van der Waals surface area contributed by atoms with Crippen molar-refractivity contribution in [2.45, 2.75) is 6.54 Å². The summed E-state index contributed by atoms with van der Waals surface area (Å²) in [5.74, 6) is 0.129. The number of rotatable bonds is 6. The number of carbonyl (C=O) groups excluding carboxylic acids is 1. The van der Waals surface area contributed by atoms with Crippen LogP contribution in [0.4, 0.5) is 4.39 Å². The van der Waals surface area contributed by atoms with Gasteiger partial charge < -0.3 is 14.6 Å². The molecule has 0 unspecified atom stereocenters. The average Bonchev–Trinajstić information content (AvgIpc) is 3.19. The van der Waals surface area contributed by atoms with Gasteiger partial charge in [0.25, 0.3) is 0 Å². The highest BCUT2D eigenvalue weighted by molar-refractivity contribution is 5.91. The van der Waals surface area contributed by atoms with Gasteiger partial charge in [-0.1, -0.05) is 18.2 Å². The van der Waals surface area contributed by atoms with Gasteiger partial charge in [-0.2, -0.15) is 0 Å². The molecule has 0 bridgehead atoms. The minimum absolute atomic E-state index is 0.250. The summed E-state index contributed by atoms with van der Waals surface area (Å²) < 4.78 is 20.9. The van der Waals surface area contributed by atoms with Crippen molar-refractivity contribution in [2.24, 2.45) is 0 Å².